The number of ketones is 1. The molecule has 0 radical (unpaired) electrons. The van der Waals surface area contributed by atoms with E-state index in [1.165, 1.54) is 5.56 Å². The van der Waals surface area contributed by atoms with Gasteiger partial charge in [0.25, 0.3) is 0 Å². The standard InChI is InChI=1S/C15H19NO2.ClH/c1-16-7-6-10-8-13(17)15-11(12(10)9-16)4-3-5-14(15)18-2;/h3-5,10,12H,6-9H2,1-2H3;1H/t10-,12-;/m0./s1. The maximum atomic E-state index is 12.3. The molecule has 0 N–H and O–H groups in total. The Kier molecular flexibility index (Phi) is 4.16. The molecule has 104 valence electrons. The molecule has 0 bridgehead atoms. The van der Waals surface area contributed by atoms with Crippen molar-refractivity contribution in [2.45, 2.75) is 18.8 Å². The molecule has 0 saturated carbocycles. The molecule has 1 fully saturated rings. The Morgan fingerprint density at radius 1 is 1.37 bits per heavy atom. The van der Waals surface area contributed by atoms with E-state index in [9.17, 15) is 4.79 Å². The first kappa shape index (κ1) is 14.4. The molecule has 19 heavy (non-hydrogen) atoms. The molecule has 2 atom stereocenters. The van der Waals surface area contributed by atoms with Crippen LogP contribution in [-0.4, -0.2) is 37.9 Å². The molecule has 3 nitrogen and oxygen atoms in total. The van der Waals surface area contributed by atoms with E-state index in [-0.39, 0.29) is 18.2 Å². The van der Waals surface area contributed by atoms with Crippen molar-refractivity contribution in [3.63, 3.8) is 0 Å². The van der Waals surface area contributed by atoms with Gasteiger partial charge in [-0.15, -0.1) is 12.4 Å². The minimum atomic E-state index is 0. The van der Waals surface area contributed by atoms with E-state index in [1.54, 1.807) is 7.11 Å². The minimum absolute atomic E-state index is 0. The van der Waals surface area contributed by atoms with Gasteiger partial charge in [0.2, 0.25) is 0 Å². The number of carbonyl (C=O) groups is 1. The van der Waals surface area contributed by atoms with Crippen molar-refractivity contribution >= 4 is 18.2 Å². The fraction of sp³-hybridized carbons (Fsp3) is 0.533. The summed E-state index contributed by atoms with van der Waals surface area (Å²) in [6.45, 7) is 2.16. The summed E-state index contributed by atoms with van der Waals surface area (Å²) >= 11 is 0. The van der Waals surface area contributed by atoms with Gasteiger partial charge in [-0.3, -0.25) is 4.79 Å². The highest BCUT2D eigenvalue weighted by Crippen LogP contribution is 2.43. The quantitative estimate of drug-likeness (QED) is 0.793. The molecule has 3 rings (SSSR count). The molecule has 1 aliphatic carbocycles. The normalized spacial score (nSPS) is 26.1. The second-order valence-electron chi connectivity index (χ2n) is 5.47. The number of nitrogens with zero attached hydrogens (tertiary/aromatic N) is 1. The van der Waals surface area contributed by atoms with Gasteiger partial charge in [0, 0.05) is 18.9 Å². The molecule has 0 aromatic heterocycles. The summed E-state index contributed by atoms with van der Waals surface area (Å²) in [4.78, 5) is 14.7. The van der Waals surface area contributed by atoms with E-state index in [1.807, 2.05) is 12.1 Å². The van der Waals surface area contributed by atoms with Crippen molar-refractivity contribution < 1.29 is 9.53 Å². The Morgan fingerprint density at radius 2 is 2.16 bits per heavy atom. The number of halogens is 1. The van der Waals surface area contributed by atoms with E-state index in [0.29, 0.717) is 18.3 Å². The van der Waals surface area contributed by atoms with Crippen LogP contribution in [0.3, 0.4) is 0 Å². The van der Waals surface area contributed by atoms with E-state index in [2.05, 4.69) is 18.0 Å². The highest BCUT2D eigenvalue weighted by molar-refractivity contribution is 6.01. The van der Waals surface area contributed by atoms with E-state index in [0.717, 1.165) is 30.8 Å². The Labute approximate surface area is 120 Å². The summed E-state index contributed by atoms with van der Waals surface area (Å²) in [5.74, 6) is 2.01. The number of fused-ring (bicyclic) bond motifs is 3. The summed E-state index contributed by atoms with van der Waals surface area (Å²) in [5.41, 5.74) is 2.03. The van der Waals surface area contributed by atoms with E-state index in [4.69, 9.17) is 4.74 Å². The van der Waals surface area contributed by atoms with Crippen LogP contribution in [-0.2, 0) is 0 Å². The van der Waals surface area contributed by atoms with Crippen LogP contribution in [0.1, 0.15) is 34.7 Å². The molecule has 1 aromatic rings. The number of piperidine rings is 1. The van der Waals surface area contributed by atoms with Gasteiger partial charge in [0.05, 0.1) is 12.7 Å². The Morgan fingerprint density at radius 3 is 2.89 bits per heavy atom. The summed E-state index contributed by atoms with van der Waals surface area (Å²) in [5, 5.41) is 0. The zero-order valence-electron chi connectivity index (χ0n) is 11.4. The Balaban J connectivity index is 0.00000133. The zero-order valence-corrected chi connectivity index (χ0v) is 12.2. The molecular formula is C15H20ClNO2. The van der Waals surface area contributed by atoms with Gasteiger partial charge in [-0.2, -0.15) is 0 Å². The summed E-state index contributed by atoms with van der Waals surface area (Å²) in [7, 11) is 3.80. The number of Topliss-reactive ketones (excluding diaryl/α,β-unsaturated/α-hetero) is 1. The number of ether oxygens (including phenoxy) is 1. The largest absolute Gasteiger partial charge is 0.496 e. The lowest BCUT2D eigenvalue weighted by Crippen LogP contribution is -2.40. The minimum Gasteiger partial charge on any atom is -0.496 e. The van der Waals surface area contributed by atoms with Crippen LogP contribution in [0.4, 0.5) is 0 Å². The van der Waals surface area contributed by atoms with Gasteiger partial charge in [0.15, 0.2) is 5.78 Å². The maximum absolute atomic E-state index is 12.3. The molecular weight excluding hydrogens is 262 g/mol. The lowest BCUT2D eigenvalue weighted by atomic mass is 9.71. The van der Waals surface area contributed by atoms with Gasteiger partial charge >= 0.3 is 0 Å². The van der Waals surface area contributed by atoms with Crippen molar-refractivity contribution in [2.24, 2.45) is 5.92 Å². The molecule has 0 amide bonds. The third kappa shape index (κ3) is 2.37. The molecule has 1 heterocycles. The second kappa shape index (κ2) is 5.51. The van der Waals surface area contributed by atoms with Crippen molar-refractivity contribution in [3.8, 4) is 5.75 Å². The second-order valence-corrected chi connectivity index (χ2v) is 5.47. The number of rotatable bonds is 1. The molecule has 1 aromatic carbocycles. The first-order valence-corrected chi connectivity index (χ1v) is 6.59. The topological polar surface area (TPSA) is 29.5 Å². The van der Waals surface area contributed by atoms with Gasteiger partial charge in [-0.05, 0) is 37.6 Å². The van der Waals surface area contributed by atoms with Gasteiger partial charge in [0.1, 0.15) is 5.75 Å². The molecule has 1 aliphatic heterocycles. The fourth-order valence-corrected chi connectivity index (χ4v) is 3.43. The highest BCUT2D eigenvalue weighted by Gasteiger charge is 2.38. The third-order valence-corrected chi connectivity index (χ3v) is 4.36. The third-order valence-electron chi connectivity index (χ3n) is 4.36. The number of likely N-dealkylation sites (tertiary alicyclic amines) is 1. The number of benzene rings is 1. The highest BCUT2D eigenvalue weighted by atomic mass is 35.5. The molecule has 1 saturated heterocycles. The van der Waals surface area contributed by atoms with Gasteiger partial charge < -0.3 is 9.64 Å². The number of likely N-dealkylation sites (N-methyl/N-ethyl adjacent to an activating group) is 1. The first-order chi connectivity index (χ1) is 8.70. The van der Waals surface area contributed by atoms with Crippen LogP contribution < -0.4 is 4.74 Å². The Hall–Kier alpha value is -1.06. The maximum Gasteiger partial charge on any atom is 0.167 e. The van der Waals surface area contributed by atoms with Crippen LogP contribution in [0, 0.1) is 5.92 Å². The SMILES string of the molecule is COc1cccc2c1C(=O)C[C@@H]1CCN(C)C[C@H]21.Cl. The predicted octanol–water partition coefficient (Wildman–Crippen LogP) is 2.74. The summed E-state index contributed by atoms with van der Waals surface area (Å²) in [6, 6.07) is 6.00. The first-order valence-electron chi connectivity index (χ1n) is 6.59. The van der Waals surface area contributed by atoms with Crippen LogP contribution in [0.2, 0.25) is 0 Å². The summed E-state index contributed by atoms with van der Waals surface area (Å²) < 4.78 is 5.36. The average molecular weight is 282 g/mol. The van der Waals surface area contributed by atoms with Crippen molar-refractivity contribution in [2.75, 3.05) is 27.2 Å². The molecule has 4 heteroatoms. The van der Waals surface area contributed by atoms with Crippen molar-refractivity contribution in [1.82, 2.24) is 4.90 Å². The van der Waals surface area contributed by atoms with Crippen LogP contribution >= 0.6 is 12.4 Å². The van der Waals surface area contributed by atoms with Crippen LogP contribution in [0.5, 0.6) is 5.75 Å². The van der Waals surface area contributed by atoms with Crippen LogP contribution in [0.25, 0.3) is 0 Å². The number of hydrogen-bond acceptors (Lipinski definition) is 3. The van der Waals surface area contributed by atoms with Gasteiger partial charge in [-0.1, -0.05) is 12.1 Å². The smallest absolute Gasteiger partial charge is 0.167 e. The average Bonchev–Trinajstić information content (AvgIpc) is 2.39. The number of carbonyl (C=O) groups excluding carboxylic acids is 1. The van der Waals surface area contributed by atoms with E-state index >= 15 is 0 Å². The lowest BCUT2D eigenvalue weighted by Gasteiger charge is -2.40. The van der Waals surface area contributed by atoms with E-state index < -0.39 is 0 Å². The zero-order chi connectivity index (χ0) is 12.7. The predicted molar refractivity (Wildman–Crippen MR) is 77.5 cm³/mol. The van der Waals surface area contributed by atoms with Crippen molar-refractivity contribution in [3.05, 3.63) is 29.3 Å². The lowest BCUT2D eigenvalue weighted by molar-refractivity contribution is 0.0883. The Bertz CT molecular complexity index is 489. The van der Waals surface area contributed by atoms with Crippen LogP contribution in [0.15, 0.2) is 18.2 Å². The summed E-state index contributed by atoms with van der Waals surface area (Å²) in [6.07, 6.45) is 1.81. The fourth-order valence-electron chi connectivity index (χ4n) is 3.43. The molecule has 0 unspecified atom stereocenters. The number of hydrogen-bond donors (Lipinski definition) is 0. The molecule has 2 aliphatic rings. The number of methoxy groups -OCH3 is 1. The monoisotopic (exact) mass is 281 g/mol. The molecule has 0 spiro atoms. The van der Waals surface area contributed by atoms with Gasteiger partial charge in [-0.25, -0.2) is 0 Å². The van der Waals surface area contributed by atoms with Crippen molar-refractivity contribution in [1.29, 1.82) is 0 Å².